The molecule has 0 aliphatic heterocycles. The van der Waals surface area contributed by atoms with E-state index in [4.69, 9.17) is 9.05 Å². The Balaban J connectivity index is 4.06. The number of hydrogen-bond donors (Lipinski definition) is 0. The van der Waals surface area contributed by atoms with Crippen molar-refractivity contribution in [1.82, 2.24) is 4.90 Å². The van der Waals surface area contributed by atoms with Crippen molar-refractivity contribution in [2.45, 2.75) is 13.8 Å². The first-order valence-corrected chi connectivity index (χ1v) is 6.94. The van der Waals surface area contributed by atoms with Crippen LogP contribution in [0.5, 0.6) is 0 Å². The average molecular weight is 235 g/mol. The molecule has 5 heteroatoms. The summed E-state index contributed by atoms with van der Waals surface area (Å²) >= 11 is 0. The zero-order valence-electron chi connectivity index (χ0n) is 10.1. The Kier molecular flexibility index (Phi) is 7.97. The summed E-state index contributed by atoms with van der Waals surface area (Å²) in [6, 6.07) is 0. The minimum absolute atomic E-state index is 0.350. The zero-order chi connectivity index (χ0) is 11.7. The van der Waals surface area contributed by atoms with Crippen LogP contribution >= 0.6 is 7.60 Å². The lowest BCUT2D eigenvalue weighted by Crippen LogP contribution is -2.10. The van der Waals surface area contributed by atoms with Crippen molar-refractivity contribution in [2.75, 3.05) is 40.0 Å². The Hall–Kier alpha value is -0.150. The maximum absolute atomic E-state index is 11.9. The Morgan fingerprint density at radius 1 is 1.13 bits per heavy atom. The van der Waals surface area contributed by atoms with Gasteiger partial charge in [-0.2, -0.15) is 0 Å². The van der Waals surface area contributed by atoms with E-state index in [1.54, 1.807) is 0 Å². The first kappa shape index (κ1) is 14.8. The molecule has 0 unspecified atom stereocenters. The van der Waals surface area contributed by atoms with E-state index in [1.165, 1.54) is 0 Å². The quantitative estimate of drug-likeness (QED) is 0.478. The van der Waals surface area contributed by atoms with Crippen LogP contribution in [0.2, 0.25) is 0 Å². The van der Waals surface area contributed by atoms with E-state index in [9.17, 15) is 4.57 Å². The Morgan fingerprint density at radius 3 is 2.07 bits per heavy atom. The van der Waals surface area contributed by atoms with Crippen LogP contribution in [0.1, 0.15) is 13.8 Å². The van der Waals surface area contributed by atoms with Crippen molar-refractivity contribution in [3.63, 3.8) is 0 Å². The lowest BCUT2D eigenvalue weighted by molar-refractivity contribution is 0.222. The topological polar surface area (TPSA) is 38.8 Å². The molecule has 0 aromatic heterocycles. The van der Waals surface area contributed by atoms with Crippen LogP contribution < -0.4 is 0 Å². The van der Waals surface area contributed by atoms with Gasteiger partial charge in [0.15, 0.2) is 0 Å². The van der Waals surface area contributed by atoms with E-state index >= 15 is 0 Å². The largest absolute Gasteiger partial charge is 0.334 e. The highest BCUT2D eigenvalue weighted by Crippen LogP contribution is 2.47. The molecule has 0 saturated heterocycles. The fourth-order valence-corrected chi connectivity index (χ4v) is 2.50. The standard InChI is InChI=1S/C10H22NO3P/c1-5-13-15(12,14-6-2)10-8-7-9-11(3)4/h7-8H,5-6,9-10H2,1-4H3/b8-7+. The smallest absolute Gasteiger partial charge is 0.309 e. The van der Waals surface area contributed by atoms with Crippen molar-refractivity contribution in [2.24, 2.45) is 0 Å². The molecule has 90 valence electrons. The fourth-order valence-electron chi connectivity index (χ4n) is 1.03. The predicted octanol–water partition coefficient (Wildman–Crippen LogP) is 2.37. The summed E-state index contributed by atoms with van der Waals surface area (Å²) in [5.41, 5.74) is 0. The average Bonchev–Trinajstić information content (AvgIpc) is 2.13. The molecule has 0 spiro atoms. The molecular formula is C10H22NO3P. The molecule has 0 saturated carbocycles. The summed E-state index contributed by atoms with van der Waals surface area (Å²) in [6.45, 7) is 5.29. The number of likely N-dealkylation sites (N-methyl/N-ethyl adjacent to an activating group) is 1. The second-order valence-electron chi connectivity index (χ2n) is 3.36. The van der Waals surface area contributed by atoms with Gasteiger partial charge in [0.2, 0.25) is 0 Å². The van der Waals surface area contributed by atoms with Crippen LogP contribution in [0.3, 0.4) is 0 Å². The van der Waals surface area contributed by atoms with Gasteiger partial charge < -0.3 is 13.9 Å². The normalized spacial score (nSPS) is 12.9. The maximum Gasteiger partial charge on any atom is 0.334 e. The van der Waals surface area contributed by atoms with Crippen molar-refractivity contribution < 1.29 is 13.6 Å². The molecule has 0 rings (SSSR count). The summed E-state index contributed by atoms with van der Waals surface area (Å²) < 4.78 is 22.2. The van der Waals surface area contributed by atoms with E-state index in [2.05, 4.69) is 0 Å². The zero-order valence-corrected chi connectivity index (χ0v) is 11.0. The molecule has 0 amide bonds. The molecule has 15 heavy (non-hydrogen) atoms. The van der Waals surface area contributed by atoms with E-state index in [0.717, 1.165) is 6.54 Å². The van der Waals surface area contributed by atoms with Crippen molar-refractivity contribution in [3.8, 4) is 0 Å². The minimum Gasteiger partial charge on any atom is -0.309 e. The third-order valence-electron chi connectivity index (χ3n) is 1.62. The maximum atomic E-state index is 11.9. The van der Waals surface area contributed by atoms with Crippen LogP contribution in [0, 0.1) is 0 Å². The van der Waals surface area contributed by atoms with Crippen LogP contribution in [0.15, 0.2) is 12.2 Å². The lowest BCUT2D eigenvalue weighted by Gasteiger charge is -2.14. The van der Waals surface area contributed by atoms with E-state index in [0.29, 0.717) is 19.4 Å². The van der Waals surface area contributed by atoms with Crippen LogP contribution in [0.4, 0.5) is 0 Å². The van der Waals surface area contributed by atoms with Gasteiger partial charge in [0.05, 0.1) is 19.4 Å². The first-order valence-electron chi connectivity index (χ1n) is 5.22. The van der Waals surface area contributed by atoms with Crippen molar-refractivity contribution in [1.29, 1.82) is 0 Å². The number of nitrogens with zero attached hydrogens (tertiary/aromatic N) is 1. The van der Waals surface area contributed by atoms with Gasteiger partial charge in [0.1, 0.15) is 0 Å². The Morgan fingerprint density at radius 2 is 1.67 bits per heavy atom. The van der Waals surface area contributed by atoms with E-state index in [-0.39, 0.29) is 0 Å². The van der Waals surface area contributed by atoms with Gasteiger partial charge in [0.25, 0.3) is 0 Å². The number of hydrogen-bond acceptors (Lipinski definition) is 4. The van der Waals surface area contributed by atoms with Crippen LogP contribution in [-0.4, -0.2) is 44.9 Å². The molecule has 0 heterocycles. The second-order valence-corrected chi connectivity index (χ2v) is 5.47. The Labute approximate surface area is 92.8 Å². The molecule has 4 nitrogen and oxygen atoms in total. The summed E-state index contributed by atoms with van der Waals surface area (Å²) in [5, 5.41) is 0. The first-order chi connectivity index (χ1) is 7.04. The number of rotatable bonds is 8. The molecular weight excluding hydrogens is 213 g/mol. The second kappa shape index (κ2) is 8.05. The van der Waals surface area contributed by atoms with Crippen LogP contribution in [-0.2, 0) is 13.6 Å². The van der Waals surface area contributed by atoms with E-state index in [1.807, 2.05) is 45.0 Å². The van der Waals surface area contributed by atoms with Crippen LogP contribution in [0.25, 0.3) is 0 Å². The SMILES string of the molecule is CCOP(=O)(C/C=C/CN(C)C)OCC. The molecule has 0 aromatic carbocycles. The minimum atomic E-state index is -2.88. The molecule has 0 radical (unpaired) electrons. The molecule has 0 aliphatic rings. The van der Waals surface area contributed by atoms with Gasteiger partial charge in [-0.15, -0.1) is 0 Å². The lowest BCUT2D eigenvalue weighted by atomic mass is 10.5. The molecule has 0 aromatic rings. The molecule has 0 fully saturated rings. The molecule has 0 aliphatic carbocycles. The monoisotopic (exact) mass is 235 g/mol. The predicted molar refractivity (Wildman–Crippen MR) is 63.4 cm³/mol. The number of allylic oxidation sites excluding steroid dienone is 1. The fraction of sp³-hybridized carbons (Fsp3) is 0.800. The van der Waals surface area contributed by atoms with Crippen molar-refractivity contribution >= 4 is 7.60 Å². The van der Waals surface area contributed by atoms with Gasteiger partial charge in [0, 0.05) is 6.54 Å². The Bertz CT molecular complexity index is 219. The summed E-state index contributed by atoms with van der Waals surface area (Å²) in [5.74, 6) is 0. The van der Waals surface area contributed by atoms with Gasteiger partial charge in [-0.25, -0.2) is 0 Å². The molecule has 0 atom stereocenters. The highest BCUT2D eigenvalue weighted by molar-refractivity contribution is 7.54. The third kappa shape index (κ3) is 7.74. The van der Waals surface area contributed by atoms with Gasteiger partial charge in [-0.3, -0.25) is 4.57 Å². The van der Waals surface area contributed by atoms with Crippen molar-refractivity contribution in [3.05, 3.63) is 12.2 Å². The molecule has 0 N–H and O–H groups in total. The third-order valence-corrected chi connectivity index (χ3v) is 3.58. The summed E-state index contributed by atoms with van der Waals surface area (Å²) in [6.07, 6.45) is 4.17. The summed E-state index contributed by atoms with van der Waals surface area (Å²) in [7, 11) is 1.08. The van der Waals surface area contributed by atoms with E-state index < -0.39 is 7.60 Å². The van der Waals surface area contributed by atoms with Gasteiger partial charge in [-0.05, 0) is 27.9 Å². The highest BCUT2D eigenvalue weighted by atomic mass is 31.2. The highest BCUT2D eigenvalue weighted by Gasteiger charge is 2.20. The van der Waals surface area contributed by atoms with Gasteiger partial charge >= 0.3 is 7.60 Å². The molecule has 0 bridgehead atoms. The summed E-state index contributed by atoms with van der Waals surface area (Å²) in [4.78, 5) is 2.03. The van der Waals surface area contributed by atoms with Gasteiger partial charge in [-0.1, -0.05) is 12.2 Å².